The second kappa shape index (κ2) is 10.0. The molecular formula is C38H43NO. The van der Waals surface area contributed by atoms with E-state index in [2.05, 4.69) is 96.8 Å². The van der Waals surface area contributed by atoms with Crippen LogP contribution in [0.5, 0.6) is 5.75 Å². The topological polar surface area (TPSA) is 23.5 Å². The maximum absolute atomic E-state index is 11.8. The first-order valence-electron chi connectivity index (χ1n) is 14.3. The summed E-state index contributed by atoms with van der Waals surface area (Å²) in [5.74, 6) is 0.921. The van der Waals surface area contributed by atoms with Crippen LogP contribution in [-0.4, -0.2) is 19.2 Å². The summed E-state index contributed by atoms with van der Waals surface area (Å²) in [6.45, 7) is 27.3. The molecule has 0 fully saturated rings. The van der Waals surface area contributed by atoms with Gasteiger partial charge in [-0.05, 0) is 85.4 Å². The molecule has 40 heavy (non-hydrogen) atoms. The van der Waals surface area contributed by atoms with Crippen molar-refractivity contribution in [2.24, 2.45) is 17.3 Å². The van der Waals surface area contributed by atoms with E-state index in [0.717, 1.165) is 57.5 Å². The van der Waals surface area contributed by atoms with Crippen LogP contribution >= 0.6 is 0 Å². The molecule has 0 radical (unpaired) electrons. The van der Waals surface area contributed by atoms with Gasteiger partial charge in [0.2, 0.25) is 0 Å². The zero-order valence-electron chi connectivity index (χ0n) is 25.1. The molecule has 206 valence electrons. The van der Waals surface area contributed by atoms with Crippen LogP contribution in [0.15, 0.2) is 102 Å². The Kier molecular flexibility index (Phi) is 6.94. The Balaban J connectivity index is 1.66. The van der Waals surface area contributed by atoms with Gasteiger partial charge in [-0.2, -0.15) is 0 Å². The Morgan fingerprint density at radius 3 is 2.40 bits per heavy atom. The summed E-state index contributed by atoms with van der Waals surface area (Å²) in [4.78, 5) is 2.14. The van der Waals surface area contributed by atoms with Gasteiger partial charge >= 0.3 is 0 Å². The van der Waals surface area contributed by atoms with Crippen molar-refractivity contribution in [3.8, 4) is 5.75 Å². The third kappa shape index (κ3) is 4.08. The lowest BCUT2D eigenvalue weighted by Crippen LogP contribution is -2.42. The van der Waals surface area contributed by atoms with E-state index in [9.17, 15) is 5.11 Å². The van der Waals surface area contributed by atoms with Gasteiger partial charge in [-0.3, -0.25) is 0 Å². The number of rotatable bonds is 5. The summed E-state index contributed by atoms with van der Waals surface area (Å²) in [7, 11) is 4.14. The fourth-order valence-electron chi connectivity index (χ4n) is 7.64. The number of anilines is 1. The fourth-order valence-corrected chi connectivity index (χ4v) is 7.64. The fraction of sp³-hybridized carbons (Fsp3) is 0.316. The van der Waals surface area contributed by atoms with Crippen LogP contribution in [0.2, 0.25) is 0 Å². The Morgan fingerprint density at radius 1 is 1.10 bits per heavy atom. The number of aromatic hydroxyl groups is 1. The maximum Gasteiger partial charge on any atom is 0.127 e. The van der Waals surface area contributed by atoms with Gasteiger partial charge in [-0.15, -0.1) is 0 Å². The first-order valence-corrected chi connectivity index (χ1v) is 14.3. The molecule has 3 aliphatic rings. The number of hydrogen-bond donors (Lipinski definition) is 1. The molecule has 2 nitrogen and oxygen atoms in total. The van der Waals surface area contributed by atoms with Crippen LogP contribution in [0, 0.1) is 17.3 Å². The predicted octanol–water partition coefficient (Wildman–Crippen LogP) is 9.57. The minimum atomic E-state index is -0.184. The van der Waals surface area contributed by atoms with Crippen LogP contribution in [0.3, 0.4) is 0 Å². The SMILES string of the molecule is C=C(C)C1=C(C)CC2CC3C(=C)c4c(N(C)C)cc(CC=Cc5ccccc5)c(O)c4C(=C)C3=C(C)C2(C)C1=C. The van der Waals surface area contributed by atoms with Crippen LogP contribution in [0.4, 0.5) is 5.69 Å². The lowest BCUT2D eigenvalue weighted by atomic mass is 9.50. The Hall–Kier alpha value is -3.78. The van der Waals surface area contributed by atoms with Crippen molar-refractivity contribution in [2.45, 2.75) is 47.0 Å². The standard InChI is InChI=1S/C38H43NO/c1-22(2)33-23(3)19-30-21-31-24(4)35-32(39(9)10)20-29(18-14-17-28-15-12-11-13-16-28)37(40)36(35)25(5)34(31)27(7)38(30,8)26(33)6/h11-17,20,30-31,40H,1,4-6,18-19,21H2,2-3,7-10H3. The molecule has 0 aromatic heterocycles. The number of hydrogen-bond acceptors (Lipinski definition) is 2. The van der Waals surface area contributed by atoms with E-state index in [1.54, 1.807) is 0 Å². The van der Waals surface area contributed by atoms with Crippen LogP contribution < -0.4 is 4.90 Å². The summed E-state index contributed by atoms with van der Waals surface area (Å²) in [6, 6.07) is 12.4. The highest BCUT2D eigenvalue weighted by molar-refractivity contribution is 6.01. The molecule has 5 rings (SSSR count). The van der Waals surface area contributed by atoms with E-state index in [-0.39, 0.29) is 11.3 Å². The molecule has 0 saturated carbocycles. The van der Waals surface area contributed by atoms with E-state index in [0.29, 0.717) is 18.1 Å². The van der Waals surface area contributed by atoms with E-state index < -0.39 is 0 Å². The molecule has 2 aromatic rings. The van der Waals surface area contributed by atoms with Gasteiger partial charge in [0.1, 0.15) is 5.75 Å². The van der Waals surface area contributed by atoms with Crippen molar-refractivity contribution >= 4 is 22.9 Å². The van der Waals surface area contributed by atoms with Gasteiger partial charge in [0.05, 0.1) is 0 Å². The van der Waals surface area contributed by atoms with Crippen LogP contribution in [0.25, 0.3) is 17.2 Å². The number of phenolic OH excluding ortho intramolecular Hbond substituents is 1. The summed E-state index contributed by atoms with van der Waals surface area (Å²) < 4.78 is 0. The molecule has 0 aliphatic heterocycles. The average molecular weight is 530 g/mol. The van der Waals surface area contributed by atoms with Gasteiger partial charge in [0, 0.05) is 47.8 Å². The molecule has 2 heteroatoms. The minimum Gasteiger partial charge on any atom is -0.507 e. The minimum absolute atomic E-state index is 0.173. The summed E-state index contributed by atoms with van der Waals surface area (Å²) in [5, 5.41) is 11.8. The lowest BCUT2D eigenvalue weighted by Gasteiger charge is -2.53. The molecule has 3 atom stereocenters. The first kappa shape index (κ1) is 27.8. The number of allylic oxidation sites excluding steroid dienone is 9. The molecule has 0 saturated heterocycles. The third-order valence-electron chi connectivity index (χ3n) is 9.86. The Bertz CT molecular complexity index is 1560. The van der Waals surface area contributed by atoms with Crippen molar-refractivity contribution in [3.63, 3.8) is 0 Å². The van der Waals surface area contributed by atoms with Gasteiger partial charge in [0.15, 0.2) is 0 Å². The Labute approximate surface area is 241 Å². The third-order valence-corrected chi connectivity index (χ3v) is 9.86. The number of fused-ring (bicyclic) bond motifs is 3. The van der Waals surface area contributed by atoms with Crippen molar-refractivity contribution < 1.29 is 5.11 Å². The highest BCUT2D eigenvalue weighted by atomic mass is 16.3. The van der Waals surface area contributed by atoms with Crippen molar-refractivity contribution in [3.05, 3.63) is 124 Å². The predicted molar refractivity (Wildman–Crippen MR) is 173 cm³/mol. The number of benzene rings is 2. The van der Waals surface area contributed by atoms with Crippen LogP contribution in [-0.2, 0) is 6.42 Å². The van der Waals surface area contributed by atoms with E-state index in [1.165, 1.54) is 27.9 Å². The second-order valence-electron chi connectivity index (χ2n) is 12.4. The molecule has 0 bridgehead atoms. The molecule has 1 N–H and O–H groups in total. The smallest absolute Gasteiger partial charge is 0.127 e. The lowest BCUT2D eigenvalue weighted by molar-refractivity contribution is 0.226. The van der Waals surface area contributed by atoms with Crippen molar-refractivity contribution in [2.75, 3.05) is 19.0 Å². The Morgan fingerprint density at radius 2 is 1.77 bits per heavy atom. The van der Waals surface area contributed by atoms with Gasteiger partial charge in [0.25, 0.3) is 0 Å². The highest BCUT2D eigenvalue weighted by Gasteiger charge is 2.51. The summed E-state index contributed by atoms with van der Waals surface area (Å²) >= 11 is 0. The van der Waals surface area contributed by atoms with Crippen molar-refractivity contribution in [1.82, 2.24) is 0 Å². The first-order chi connectivity index (χ1) is 18.9. The van der Waals surface area contributed by atoms with E-state index in [4.69, 9.17) is 6.58 Å². The van der Waals surface area contributed by atoms with E-state index in [1.807, 2.05) is 18.2 Å². The van der Waals surface area contributed by atoms with Crippen molar-refractivity contribution in [1.29, 1.82) is 0 Å². The van der Waals surface area contributed by atoms with Gasteiger partial charge in [-0.25, -0.2) is 0 Å². The monoisotopic (exact) mass is 529 g/mol. The highest BCUT2D eigenvalue weighted by Crippen LogP contribution is 2.64. The summed E-state index contributed by atoms with van der Waals surface area (Å²) in [6.07, 6.45) is 6.88. The second-order valence-corrected chi connectivity index (χ2v) is 12.4. The average Bonchev–Trinajstić information content (AvgIpc) is 2.90. The number of phenols is 1. The zero-order chi connectivity index (χ0) is 29.1. The molecule has 3 aliphatic carbocycles. The molecule has 0 heterocycles. The molecular weight excluding hydrogens is 486 g/mol. The van der Waals surface area contributed by atoms with Gasteiger partial charge in [-0.1, -0.05) is 92.4 Å². The zero-order valence-corrected chi connectivity index (χ0v) is 25.1. The quantitative estimate of drug-likeness (QED) is 0.417. The molecule has 0 spiro atoms. The normalized spacial score (nSPS) is 24.3. The van der Waals surface area contributed by atoms with Crippen LogP contribution in [0.1, 0.15) is 62.8 Å². The number of nitrogens with zero attached hydrogens (tertiary/aromatic N) is 1. The molecule has 2 aromatic carbocycles. The largest absolute Gasteiger partial charge is 0.507 e. The van der Waals surface area contributed by atoms with Gasteiger partial charge < -0.3 is 10.0 Å². The summed E-state index contributed by atoms with van der Waals surface area (Å²) in [5.41, 5.74) is 14.2. The molecule has 3 unspecified atom stereocenters. The molecule has 0 amide bonds. The van der Waals surface area contributed by atoms with E-state index >= 15 is 0 Å². The maximum atomic E-state index is 11.8.